The van der Waals surface area contributed by atoms with E-state index in [9.17, 15) is 9.59 Å². The molecule has 0 saturated heterocycles. The molecule has 36 heavy (non-hydrogen) atoms. The molecule has 0 spiro atoms. The van der Waals surface area contributed by atoms with Gasteiger partial charge in [-0.1, -0.05) is 53.5 Å². The molecule has 0 unspecified atom stereocenters. The third kappa shape index (κ3) is 5.66. The molecule has 0 aliphatic carbocycles. The van der Waals surface area contributed by atoms with E-state index in [1.165, 1.54) is 23.0 Å². The van der Waals surface area contributed by atoms with Crippen LogP contribution >= 0.6 is 27.5 Å². The number of carbonyl (C=O) groups is 1. The zero-order chi connectivity index (χ0) is 25.8. The largest absolute Gasteiger partial charge is 0.488 e. The second-order valence-electron chi connectivity index (χ2n) is 8.28. The van der Waals surface area contributed by atoms with Gasteiger partial charge in [0.25, 0.3) is 5.56 Å². The van der Waals surface area contributed by atoms with Gasteiger partial charge in [0.15, 0.2) is 0 Å². The summed E-state index contributed by atoms with van der Waals surface area (Å²) in [6, 6.07) is 17.0. The number of halogens is 2. The Hall–Kier alpha value is -3.49. The van der Waals surface area contributed by atoms with Gasteiger partial charge in [-0.05, 0) is 60.5 Å². The van der Waals surface area contributed by atoms with Crippen molar-refractivity contribution < 1.29 is 14.6 Å². The number of nitrogens with zero attached hydrogens (tertiary/aromatic N) is 3. The molecule has 9 heteroatoms. The lowest BCUT2D eigenvalue weighted by molar-refractivity contribution is 0.0697. The van der Waals surface area contributed by atoms with Crippen molar-refractivity contribution in [1.29, 1.82) is 0 Å². The lowest BCUT2D eigenvalue weighted by Crippen LogP contribution is -2.23. The highest BCUT2D eigenvalue weighted by Gasteiger charge is 2.16. The molecule has 1 N–H and O–H groups in total. The van der Waals surface area contributed by atoms with Crippen molar-refractivity contribution in [1.82, 2.24) is 9.66 Å². The van der Waals surface area contributed by atoms with E-state index in [2.05, 4.69) is 21.0 Å². The van der Waals surface area contributed by atoms with Crippen molar-refractivity contribution in [3.63, 3.8) is 0 Å². The molecule has 4 rings (SSSR count). The predicted molar refractivity (Wildman–Crippen MR) is 145 cm³/mol. The first-order chi connectivity index (χ1) is 17.3. The summed E-state index contributed by atoms with van der Waals surface area (Å²) in [6.07, 6.45) is 2.32. The Morgan fingerprint density at radius 3 is 2.64 bits per heavy atom. The van der Waals surface area contributed by atoms with Crippen LogP contribution in [0, 0.1) is 0 Å². The van der Waals surface area contributed by atoms with Crippen LogP contribution in [0.25, 0.3) is 10.9 Å². The van der Waals surface area contributed by atoms with Crippen LogP contribution in [0.4, 0.5) is 0 Å². The smallest absolute Gasteiger partial charge is 0.335 e. The molecule has 0 bridgehead atoms. The van der Waals surface area contributed by atoms with Crippen molar-refractivity contribution >= 4 is 50.6 Å². The van der Waals surface area contributed by atoms with Gasteiger partial charge in [-0.2, -0.15) is 9.78 Å². The van der Waals surface area contributed by atoms with E-state index in [1.54, 1.807) is 36.4 Å². The van der Waals surface area contributed by atoms with Crippen LogP contribution < -0.4 is 10.3 Å². The Bertz CT molecular complexity index is 1520. The van der Waals surface area contributed by atoms with Gasteiger partial charge in [0, 0.05) is 21.0 Å². The molecule has 1 aromatic heterocycles. The second-order valence-corrected chi connectivity index (χ2v) is 9.63. The average molecular weight is 569 g/mol. The van der Waals surface area contributed by atoms with Crippen molar-refractivity contribution in [3.8, 4) is 5.75 Å². The van der Waals surface area contributed by atoms with Crippen molar-refractivity contribution in [2.24, 2.45) is 5.10 Å². The number of aromatic carboxylic acids is 1. The summed E-state index contributed by atoms with van der Waals surface area (Å²) in [5.74, 6) is 0.102. The minimum Gasteiger partial charge on any atom is -0.488 e. The normalized spacial score (nSPS) is 12.2. The zero-order valence-corrected chi connectivity index (χ0v) is 22.0. The molecule has 0 aliphatic heterocycles. The van der Waals surface area contributed by atoms with Gasteiger partial charge in [0.1, 0.15) is 18.2 Å². The number of hydrogen-bond donors (Lipinski definition) is 1. The summed E-state index contributed by atoms with van der Waals surface area (Å²) >= 11 is 9.65. The van der Waals surface area contributed by atoms with Gasteiger partial charge in [0.05, 0.1) is 22.7 Å². The minimum atomic E-state index is -0.985. The maximum Gasteiger partial charge on any atom is 0.335 e. The first kappa shape index (κ1) is 25.6. The minimum absolute atomic E-state index is 0.00625. The molecule has 3 aromatic carbocycles. The van der Waals surface area contributed by atoms with Crippen LogP contribution in [-0.4, -0.2) is 27.0 Å². The molecule has 4 aromatic rings. The highest BCUT2D eigenvalue weighted by Crippen LogP contribution is 2.24. The SMILES string of the molecule is CC[C@@H](C)c1nc2ccc(Br)cc2c(=O)n1N=Cc1cc(Cl)ccc1OCc1ccc(C(=O)O)cc1. The zero-order valence-electron chi connectivity index (χ0n) is 19.6. The van der Waals surface area contributed by atoms with Crippen LogP contribution in [0.2, 0.25) is 5.02 Å². The average Bonchev–Trinajstić information content (AvgIpc) is 2.87. The number of hydrogen-bond acceptors (Lipinski definition) is 5. The van der Waals surface area contributed by atoms with E-state index in [-0.39, 0.29) is 23.6 Å². The summed E-state index contributed by atoms with van der Waals surface area (Å²) in [4.78, 5) is 29.2. The molecule has 1 heterocycles. The van der Waals surface area contributed by atoms with Gasteiger partial charge in [-0.15, -0.1) is 0 Å². The van der Waals surface area contributed by atoms with Crippen LogP contribution in [0.3, 0.4) is 0 Å². The lowest BCUT2D eigenvalue weighted by atomic mass is 10.1. The van der Waals surface area contributed by atoms with Gasteiger partial charge >= 0.3 is 5.97 Å². The molecule has 1 atom stereocenters. The van der Waals surface area contributed by atoms with E-state index in [0.717, 1.165) is 16.5 Å². The highest BCUT2D eigenvalue weighted by molar-refractivity contribution is 9.10. The number of fused-ring (bicyclic) bond motifs is 1. The number of carboxylic acid groups (broad SMARTS) is 1. The van der Waals surface area contributed by atoms with E-state index in [0.29, 0.717) is 33.1 Å². The van der Waals surface area contributed by atoms with Crippen molar-refractivity contribution in [2.75, 3.05) is 0 Å². The third-order valence-corrected chi connectivity index (χ3v) is 6.49. The highest BCUT2D eigenvalue weighted by atomic mass is 79.9. The van der Waals surface area contributed by atoms with Gasteiger partial charge < -0.3 is 9.84 Å². The summed E-state index contributed by atoms with van der Waals surface area (Å²) in [5, 5.41) is 14.5. The van der Waals surface area contributed by atoms with E-state index >= 15 is 0 Å². The molecule has 184 valence electrons. The standard InChI is InChI=1S/C27H23BrClN3O4/c1-3-16(2)25-31-23-10-8-20(28)13-22(23)26(33)32(25)30-14-19-12-21(29)9-11-24(19)36-15-17-4-6-18(7-5-17)27(34)35/h4-14,16H,3,15H2,1-2H3,(H,34,35)/t16-/m1/s1. The molecular weight excluding hydrogens is 546 g/mol. The summed E-state index contributed by atoms with van der Waals surface area (Å²) in [7, 11) is 0. The molecule has 0 fully saturated rings. The summed E-state index contributed by atoms with van der Waals surface area (Å²) in [6.45, 7) is 4.25. The first-order valence-corrected chi connectivity index (χ1v) is 12.4. The Labute approximate surface area is 221 Å². The van der Waals surface area contributed by atoms with Crippen molar-refractivity contribution in [3.05, 3.63) is 103 Å². The molecule has 0 saturated carbocycles. The molecular formula is C27H23BrClN3O4. The predicted octanol–water partition coefficient (Wildman–Crippen LogP) is 6.49. The first-order valence-electron chi connectivity index (χ1n) is 11.3. The Balaban J connectivity index is 1.69. The van der Waals surface area contributed by atoms with Crippen LogP contribution in [0.15, 0.2) is 75.0 Å². The van der Waals surface area contributed by atoms with E-state index < -0.39 is 5.97 Å². The number of aromatic nitrogens is 2. The van der Waals surface area contributed by atoms with Gasteiger partial charge in [0.2, 0.25) is 0 Å². The monoisotopic (exact) mass is 567 g/mol. The Morgan fingerprint density at radius 1 is 1.19 bits per heavy atom. The summed E-state index contributed by atoms with van der Waals surface area (Å²) in [5.41, 5.74) is 1.94. The fraction of sp³-hybridized carbons (Fsp3) is 0.185. The van der Waals surface area contributed by atoms with Gasteiger partial charge in [-0.3, -0.25) is 4.79 Å². The fourth-order valence-electron chi connectivity index (χ4n) is 3.56. The number of benzene rings is 3. The number of carboxylic acids is 1. The molecule has 7 nitrogen and oxygen atoms in total. The second kappa shape index (κ2) is 11.1. The third-order valence-electron chi connectivity index (χ3n) is 5.77. The Kier molecular flexibility index (Phi) is 7.86. The summed E-state index contributed by atoms with van der Waals surface area (Å²) < 4.78 is 8.09. The van der Waals surface area contributed by atoms with E-state index in [1.807, 2.05) is 26.0 Å². The van der Waals surface area contributed by atoms with Crippen LogP contribution in [-0.2, 0) is 6.61 Å². The van der Waals surface area contributed by atoms with Crippen LogP contribution in [0.5, 0.6) is 5.75 Å². The molecule has 0 radical (unpaired) electrons. The molecule has 0 amide bonds. The number of ether oxygens (including phenoxy) is 1. The van der Waals surface area contributed by atoms with E-state index in [4.69, 9.17) is 26.4 Å². The quantitative estimate of drug-likeness (QED) is 0.245. The van der Waals surface area contributed by atoms with Gasteiger partial charge in [-0.25, -0.2) is 9.78 Å². The number of rotatable bonds is 8. The molecule has 0 aliphatic rings. The fourth-order valence-corrected chi connectivity index (χ4v) is 4.10. The lowest BCUT2D eigenvalue weighted by Gasteiger charge is -2.14. The topological polar surface area (TPSA) is 93.8 Å². The maximum absolute atomic E-state index is 13.4. The van der Waals surface area contributed by atoms with Crippen LogP contribution in [0.1, 0.15) is 53.5 Å². The maximum atomic E-state index is 13.4. The van der Waals surface area contributed by atoms with Crippen molar-refractivity contribution in [2.45, 2.75) is 32.8 Å². The Morgan fingerprint density at radius 2 is 1.94 bits per heavy atom.